The second kappa shape index (κ2) is 12.3. The maximum absolute atomic E-state index is 13.0. The number of alkyl halides is 3. The van der Waals surface area contributed by atoms with E-state index in [2.05, 4.69) is 38.1 Å². The van der Waals surface area contributed by atoms with Gasteiger partial charge in [-0.15, -0.1) is 0 Å². The highest BCUT2D eigenvalue weighted by Gasteiger charge is 2.34. The molecule has 1 fully saturated rings. The third-order valence-corrected chi connectivity index (χ3v) is 6.98. The zero-order chi connectivity index (χ0) is 27.4. The Kier molecular flexibility index (Phi) is 10.2. The zero-order valence-electron chi connectivity index (χ0n) is 22.6. The maximum Gasteiger partial charge on any atom is 0.401 e. The molecule has 7 nitrogen and oxygen atoms in total. The van der Waals surface area contributed by atoms with E-state index in [0.717, 1.165) is 11.3 Å². The van der Waals surface area contributed by atoms with Gasteiger partial charge in [0.1, 0.15) is 0 Å². The van der Waals surface area contributed by atoms with E-state index in [0.29, 0.717) is 41.5 Å². The second-order valence-corrected chi connectivity index (χ2v) is 10.3. The molecule has 0 spiro atoms. The van der Waals surface area contributed by atoms with Crippen LogP contribution in [-0.2, 0) is 9.53 Å². The lowest BCUT2D eigenvalue weighted by atomic mass is 9.85. The SMILES string of the molecule is C=C(C1=C(C)C(C(=O)OC(C)C)=C/C(=C(\C)[C@@H](NN)[C@H](C)C(C)C)N1)N1CCN(CC(F)(F)F)CC1. The summed E-state index contributed by atoms with van der Waals surface area (Å²) in [4.78, 5) is 16.4. The topological polar surface area (TPSA) is 82.9 Å². The van der Waals surface area contributed by atoms with Gasteiger partial charge >= 0.3 is 12.1 Å². The largest absolute Gasteiger partial charge is 0.459 e. The van der Waals surface area contributed by atoms with Crippen molar-refractivity contribution < 1.29 is 22.7 Å². The van der Waals surface area contributed by atoms with Crippen molar-refractivity contribution in [1.82, 2.24) is 20.5 Å². The van der Waals surface area contributed by atoms with E-state index < -0.39 is 18.7 Å². The summed E-state index contributed by atoms with van der Waals surface area (Å²) in [5.41, 5.74) is 6.93. The molecule has 2 heterocycles. The summed E-state index contributed by atoms with van der Waals surface area (Å²) >= 11 is 0. The molecule has 0 amide bonds. The van der Waals surface area contributed by atoms with Crippen LogP contribution in [0.3, 0.4) is 0 Å². The summed E-state index contributed by atoms with van der Waals surface area (Å²) < 4.78 is 43.9. The van der Waals surface area contributed by atoms with Crippen molar-refractivity contribution in [3.8, 4) is 0 Å². The van der Waals surface area contributed by atoms with Gasteiger partial charge in [0, 0.05) is 37.9 Å². The number of hydrogen-bond acceptors (Lipinski definition) is 7. The fourth-order valence-electron chi connectivity index (χ4n) is 4.45. The van der Waals surface area contributed by atoms with Crippen LogP contribution in [0.15, 0.2) is 46.5 Å². The highest BCUT2D eigenvalue weighted by atomic mass is 19.4. The van der Waals surface area contributed by atoms with Crippen LogP contribution < -0.4 is 16.6 Å². The predicted octanol–water partition coefficient (Wildman–Crippen LogP) is 3.83. The summed E-state index contributed by atoms with van der Waals surface area (Å²) in [7, 11) is 0. The lowest BCUT2D eigenvalue weighted by Gasteiger charge is -2.39. The summed E-state index contributed by atoms with van der Waals surface area (Å²) in [6.45, 7) is 18.4. The molecule has 204 valence electrons. The quantitative estimate of drug-likeness (QED) is 0.246. The Labute approximate surface area is 213 Å². The molecular formula is C26H42F3N5O2. The molecule has 0 aromatic heterocycles. The van der Waals surface area contributed by atoms with Crippen molar-refractivity contribution in [1.29, 1.82) is 0 Å². The number of piperazine rings is 1. The van der Waals surface area contributed by atoms with Crippen LogP contribution in [0.1, 0.15) is 48.5 Å². The number of nitrogens with one attached hydrogen (secondary N) is 2. The van der Waals surface area contributed by atoms with Gasteiger partial charge in [-0.1, -0.05) is 27.4 Å². The Morgan fingerprint density at radius 1 is 1.19 bits per heavy atom. The molecule has 4 N–H and O–H groups in total. The number of nitrogens with two attached hydrogens (primary N) is 1. The number of allylic oxidation sites excluding steroid dienone is 1. The van der Waals surface area contributed by atoms with Crippen LogP contribution in [0.5, 0.6) is 0 Å². The molecule has 36 heavy (non-hydrogen) atoms. The van der Waals surface area contributed by atoms with Gasteiger partial charge in [-0.25, -0.2) is 4.79 Å². The molecule has 0 saturated carbocycles. The molecule has 0 radical (unpaired) electrons. The lowest BCUT2D eigenvalue weighted by Crippen LogP contribution is -2.49. The van der Waals surface area contributed by atoms with Crippen LogP contribution in [0.2, 0.25) is 0 Å². The number of nitrogens with zero attached hydrogens (tertiary/aromatic N) is 2. The average Bonchev–Trinajstić information content (AvgIpc) is 2.77. The number of halogens is 3. The van der Waals surface area contributed by atoms with Crippen molar-refractivity contribution in [3.63, 3.8) is 0 Å². The van der Waals surface area contributed by atoms with Crippen molar-refractivity contribution in [2.45, 2.75) is 66.8 Å². The monoisotopic (exact) mass is 513 g/mol. The number of ether oxygens (including phenoxy) is 1. The van der Waals surface area contributed by atoms with E-state index in [9.17, 15) is 18.0 Å². The van der Waals surface area contributed by atoms with E-state index in [1.165, 1.54) is 4.90 Å². The minimum atomic E-state index is -4.22. The average molecular weight is 514 g/mol. The molecule has 2 rings (SSSR count). The van der Waals surface area contributed by atoms with E-state index in [1.807, 2.05) is 18.7 Å². The number of carbonyl (C=O) groups excluding carboxylic acids is 1. The molecule has 0 aromatic rings. The first-order valence-electron chi connectivity index (χ1n) is 12.5. The maximum atomic E-state index is 13.0. The molecule has 0 aliphatic carbocycles. The molecule has 2 aliphatic heterocycles. The molecule has 2 atom stereocenters. The molecule has 0 aromatic carbocycles. The number of hydrogen-bond donors (Lipinski definition) is 3. The van der Waals surface area contributed by atoms with Gasteiger partial charge in [-0.2, -0.15) is 13.2 Å². The number of rotatable bonds is 9. The van der Waals surface area contributed by atoms with E-state index in [4.69, 9.17) is 10.6 Å². The summed E-state index contributed by atoms with van der Waals surface area (Å²) in [5, 5.41) is 3.44. The Hall–Kier alpha value is -2.30. The first-order chi connectivity index (χ1) is 16.7. The minimum absolute atomic E-state index is 0.148. The van der Waals surface area contributed by atoms with Gasteiger partial charge < -0.3 is 15.0 Å². The highest BCUT2D eigenvalue weighted by Crippen LogP contribution is 2.31. The Bertz CT molecular complexity index is 913. The van der Waals surface area contributed by atoms with Crippen LogP contribution in [0, 0.1) is 11.8 Å². The van der Waals surface area contributed by atoms with Crippen molar-refractivity contribution in [3.05, 3.63) is 46.5 Å². The Morgan fingerprint density at radius 2 is 1.78 bits per heavy atom. The van der Waals surface area contributed by atoms with Crippen LogP contribution >= 0.6 is 0 Å². The summed E-state index contributed by atoms with van der Waals surface area (Å²) in [6, 6.07) is -0.148. The van der Waals surface area contributed by atoms with Crippen LogP contribution in [0.4, 0.5) is 13.2 Å². The second-order valence-electron chi connectivity index (χ2n) is 10.3. The third-order valence-electron chi connectivity index (χ3n) is 6.98. The normalized spacial score (nSPS) is 20.8. The van der Waals surface area contributed by atoms with E-state index >= 15 is 0 Å². The zero-order valence-corrected chi connectivity index (χ0v) is 22.6. The van der Waals surface area contributed by atoms with Gasteiger partial charge in [0.25, 0.3) is 0 Å². The van der Waals surface area contributed by atoms with Gasteiger partial charge in [-0.3, -0.25) is 16.2 Å². The molecule has 0 unspecified atom stereocenters. The Balaban J connectivity index is 2.40. The fourth-order valence-corrected chi connectivity index (χ4v) is 4.45. The van der Waals surface area contributed by atoms with Gasteiger partial charge in [0.05, 0.1) is 29.6 Å². The van der Waals surface area contributed by atoms with E-state index in [-0.39, 0.29) is 31.2 Å². The number of hydrazine groups is 1. The van der Waals surface area contributed by atoms with Gasteiger partial charge in [0.15, 0.2) is 0 Å². The van der Waals surface area contributed by atoms with Gasteiger partial charge in [0.2, 0.25) is 0 Å². The molecule has 0 bridgehead atoms. The van der Waals surface area contributed by atoms with Gasteiger partial charge in [-0.05, 0) is 56.8 Å². The summed E-state index contributed by atoms with van der Waals surface area (Å²) in [6.07, 6.45) is -2.73. The minimum Gasteiger partial charge on any atom is -0.459 e. The molecule has 2 aliphatic rings. The molecule has 10 heteroatoms. The number of carbonyl (C=O) groups is 1. The van der Waals surface area contributed by atoms with Crippen LogP contribution in [-0.4, -0.2) is 66.8 Å². The smallest absolute Gasteiger partial charge is 0.401 e. The summed E-state index contributed by atoms with van der Waals surface area (Å²) in [5.74, 6) is 6.06. The van der Waals surface area contributed by atoms with Crippen molar-refractivity contribution >= 4 is 5.97 Å². The van der Waals surface area contributed by atoms with Crippen molar-refractivity contribution in [2.75, 3.05) is 32.7 Å². The molecule has 1 saturated heterocycles. The predicted molar refractivity (Wildman–Crippen MR) is 136 cm³/mol. The van der Waals surface area contributed by atoms with E-state index in [1.54, 1.807) is 19.9 Å². The number of dihydropyridines is 1. The lowest BCUT2D eigenvalue weighted by molar-refractivity contribution is -0.148. The number of esters is 1. The first kappa shape index (κ1) is 29.9. The fraction of sp³-hybridized carbons (Fsp3) is 0.654. The van der Waals surface area contributed by atoms with Crippen LogP contribution in [0.25, 0.3) is 0 Å². The first-order valence-corrected chi connectivity index (χ1v) is 12.5. The Morgan fingerprint density at radius 3 is 2.25 bits per heavy atom. The standard InChI is InChI=1S/C26H42F3N5O2/c1-15(2)17(5)23(32-30)19(7)22-13-21(25(35)36-16(3)4)18(6)24(31-22)20(8)34-11-9-33(10-12-34)14-26(27,28)29/h13,15-17,23,31-32H,8-12,14,30H2,1-7H3/b22-19-/t17-,23+/m1/s1. The third kappa shape index (κ3) is 7.60. The highest BCUT2D eigenvalue weighted by molar-refractivity contribution is 5.95. The van der Waals surface area contributed by atoms with Crippen molar-refractivity contribution in [2.24, 2.45) is 17.7 Å². The molecular weight excluding hydrogens is 471 g/mol.